The molecular weight excluding hydrogens is 640 g/mol. The zero-order valence-electron chi connectivity index (χ0n) is 29.0. The van der Waals surface area contributed by atoms with Crippen molar-refractivity contribution in [1.29, 1.82) is 0 Å². The van der Waals surface area contributed by atoms with Gasteiger partial charge in [0.05, 0.1) is 44.1 Å². The number of nitrogens with one attached hydrogen (secondary N) is 3. The van der Waals surface area contributed by atoms with Crippen molar-refractivity contribution in [3.8, 4) is 11.3 Å². The van der Waals surface area contributed by atoms with Crippen molar-refractivity contribution in [1.82, 2.24) is 20.9 Å². The second kappa shape index (κ2) is 16.9. The first-order valence-electron chi connectivity index (χ1n) is 17.1. The SMILES string of the molecule is COC(=O)N[C@H](C(=O)N[C@@H](Cc1ccc(-c2ccccn2)cc1)C[C@H](O)[C@H](Cc1ccccc1)NC(=O)O[C@H]1CO[C@H]2OCC[C@H]21)C(C)(C)C. The van der Waals surface area contributed by atoms with E-state index < -0.39 is 53.8 Å². The van der Waals surface area contributed by atoms with Gasteiger partial charge >= 0.3 is 12.2 Å². The van der Waals surface area contributed by atoms with E-state index in [-0.39, 0.29) is 25.2 Å². The zero-order chi connectivity index (χ0) is 35.7. The summed E-state index contributed by atoms with van der Waals surface area (Å²) in [6.45, 7) is 6.32. The van der Waals surface area contributed by atoms with Crippen LogP contribution in [0.1, 0.15) is 44.7 Å². The Labute approximate surface area is 293 Å². The zero-order valence-corrected chi connectivity index (χ0v) is 29.0. The fraction of sp³-hybridized carbons (Fsp3) is 0.474. The molecule has 2 aliphatic rings. The second-order valence-corrected chi connectivity index (χ2v) is 14.0. The number of aromatic nitrogens is 1. The molecule has 50 heavy (non-hydrogen) atoms. The van der Waals surface area contributed by atoms with Gasteiger partial charge in [0.1, 0.15) is 12.1 Å². The molecule has 4 N–H and O–H groups in total. The van der Waals surface area contributed by atoms with Crippen molar-refractivity contribution in [3.05, 3.63) is 90.1 Å². The number of ether oxygens (including phenoxy) is 4. The third kappa shape index (κ3) is 10.0. The van der Waals surface area contributed by atoms with E-state index in [1.165, 1.54) is 7.11 Å². The van der Waals surface area contributed by atoms with Crippen LogP contribution in [-0.4, -0.2) is 85.1 Å². The highest BCUT2D eigenvalue weighted by atomic mass is 16.7. The average molecular weight is 689 g/mol. The van der Waals surface area contributed by atoms with Crippen LogP contribution in [0.3, 0.4) is 0 Å². The number of amides is 3. The van der Waals surface area contributed by atoms with Gasteiger partial charge < -0.3 is 40.0 Å². The third-order valence-corrected chi connectivity index (χ3v) is 9.15. The Morgan fingerprint density at radius 1 is 0.900 bits per heavy atom. The number of carbonyl (C=O) groups excluding carboxylic acids is 3. The number of methoxy groups -OCH3 is 1. The maximum Gasteiger partial charge on any atom is 0.407 e. The number of pyridine rings is 1. The minimum atomic E-state index is -1.09. The van der Waals surface area contributed by atoms with E-state index in [1.54, 1.807) is 6.20 Å². The quantitative estimate of drug-likeness (QED) is 0.204. The highest BCUT2D eigenvalue weighted by Gasteiger charge is 2.44. The minimum Gasteiger partial charge on any atom is -0.453 e. The molecule has 2 saturated heterocycles. The number of aliphatic hydroxyl groups excluding tert-OH is 1. The molecule has 0 radical (unpaired) electrons. The standard InChI is InChI=1S/C38H48N4O8/c1-38(2,3)33(42-36(45)47-4)34(44)40-27(20-25-13-15-26(16-14-25)29-12-8-9-18-39-29)22-31(43)30(21-24-10-6-5-7-11-24)41-37(46)50-32-23-49-35-28(32)17-19-48-35/h5-16,18,27-28,30-33,35,43H,17,19-23H2,1-4H3,(H,40,44)(H,41,46)(H,42,45)/t27-,28-,30-,31-,32-,33+,35+/m0/s1. The molecule has 3 heterocycles. The number of alkyl carbamates (subject to hydrolysis) is 2. The Hall–Kier alpha value is -4.52. The Morgan fingerprint density at radius 3 is 2.30 bits per heavy atom. The topological polar surface area (TPSA) is 157 Å². The lowest BCUT2D eigenvalue weighted by atomic mass is 9.85. The lowest BCUT2D eigenvalue weighted by Gasteiger charge is -2.33. The van der Waals surface area contributed by atoms with Crippen molar-refractivity contribution in [2.75, 3.05) is 20.3 Å². The number of aliphatic hydroxyl groups is 1. The van der Waals surface area contributed by atoms with Crippen LogP contribution in [0, 0.1) is 11.3 Å². The molecule has 0 bridgehead atoms. The summed E-state index contributed by atoms with van der Waals surface area (Å²) in [6.07, 6.45) is -0.0446. The van der Waals surface area contributed by atoms with Gasteiger partial charge in [-0.2, -0.15) is 0 Å². The first kappa shape index (κ1) is 36.8. The number of benzene rings is 2. The molecule has 3 aromatic rings. The molecule has 12 heteroatoms. The van der Waals surface area contributed by atoms with Gasteiger partial charge in [-0.05, 0) is 54.4 Å². The Balaban J connectivity index is 1.35. The molecule has 0 spiro atoms. The molecule has 2 fully saturated rings. The fourth-order valence-corrected chi connectivity index (χ4v) is 6.44. The van der Waals surface area contributed by atoms with E-state index in [0.717, 1.165) is 28.8 Å². The van der Waals surface area contributed by atoms with Crippen LogP contribution in [0.5, 0.6) is 0 Å². The van der Waals surface area contributed by atoms with E-state index in [9.17, 15) is 19.5 Å². The number of fused-ring (bicyclic) bond motifs is 1. The molecule has 2 aliphatic heterocycles. The van der Waals surface area contributed by atoms with Crippen molar-refractivity contribution in [2.45, 2.75) is 83.1 Å². The molecule has 3 amide bonds. The highest BCUT2D eigenvalue weighted by molar-refractivity contribution is 5.86. The van der Waals surface area contributed by atoms with Gasteiger partial charge in [0.15, 0.2) is 6.29 Å². The summed E-state index contributed by atoms with van der Waals surface area (Å²) in [4.78, 5) is 43.7. The lowest BCUT2D eigenvalue weighted by Crippen LogP contribution is -2.56. The summed E-state index contributed by atoms with van der Waals surface area (Å²) in [7, 11) is 1.24. The predicted octanol–water partition coefficient (Wildman–Crippen LogP) is 4.40. The van der Waals surface area contributed by atoms with E-state index in [4.69, 9.17) is 18.9 Å². The van der Waals surface area contributed by atoms with E-state index in [2.05, 4.69) is 20.9 Å². The summed E-state index contributed by atoms with van der Waals surface area (Å²) >= 11 is 0. The molecular formula is C38H48N4O8. The van der Waals surface area contributed by atoms with Gasteiger partial charge in [-0.15, -0.1) is 0 Å². The second-order valence-electron chi connectivity index (χ2n) is 14.0. The molecule has 1 aromatic heterocycles. The first-order valence-corrected chi connectivity index (χ1v) is 17.1. The van der Waals surface area contributed by atoms with Crippen LogP contribution < -0.4 is 16.0 Å². The van der Waals surface area contributed by atoms with Gasteiger partial charge in [0.25, 0.3) is 0 Å². The first-order chi connectivity index (χ1) is 24.0. The van der Waals surface area contributed by atoms with Crippen LogP contribution in [0.2, 0.25) is 0 Å². The number of rotatable bonds is 13. The summed E-state index contributed by atoms with van der Waals surface area (Å²) in [5, 5.41) is 20.4. The van der Waals surface area contributed by atoms with Crippen molar-refractivity contribution in [2.24, 2.45) is 11.3 Å². The van der Waals surface area contributed by atoms with E-state index in [0.29, 0.717) is 19.4 Å². The van der Waals surface area contributed by atoms with Crippen LogP contribution in [0.15, 0.2) is 79.0 Å². The van der Waals surface area contributed by atoms with Crippen molar-refractivity contribution in [3.63, 3.8) is 0 Å². The van der Waals surface area contributed by atoms with Crippen molar-refractivity contribution < 1.29 is 38.4 Å². The third-order valence-electron chi connectivity index (χ3n) is 9.15. The molecule has 0 unspecified atom stereocenters. The van der Waals surface area contributed by atoms with Crippen molar-refractivity contribution >= 4 is 18.1 Å². The molecule has 7 atom stereocenters. The van der Waals surface area contributed by atoms with Crippen LogP contribution in [0.25, 0.3) is 11.3 Å². The minimum absolute atomic E-state index is 0.0312. The predicted molar refractivity (Wildman–Crippen MR) is 186 cm³/mol. The monoisotopic (exact) mass is 688 g/mol. The maximum atomic E-state index is 13.8. The van der Waals surface area contributed by atoms with Crippen LogP contribution in [0.4, 0.5) is 9.59 Å². The highest BCUT2D eigenvalue weighted by Crippen LogP contribution is 2.33. The van der Waals surface area contributed by atoms with Crippen LogP contribution in [-0.2, 0) is 36.6 Å². The maximum absolute atomic E-state index is 13.8. The van der Waals surface area contributed by atoms with Crippen LogP contribution >= 0.6 is 0 Å². The number of hydrogen-bond acceptors (Lipinski definition) is 9. The summed E-state index contributed by atoms with van der Waals surface area (Å²) in [5.41, 5.74) is 2.95. The Bertz CT molecular complexity index is 1550. The van der Waals surface area contributed by atoms with Gasteiger partial charge in [0, 0.05) is 17.8 Å². The molecule has 5 rings (SSSR count). The summed E-state index contributed by atoms with van der Waals surface area (Å²) in [6, 6.07) is 20.8. The normalized spacial score (nSPS) is 20.9. The largest absolute Gasteiger partial charge is 0.453 e. The summed E-state index contributed by atoms with van der Waals surface area (Å²) < 4.78 is 21.8. The Morgan fingerprint density at radius 2 is 1.62 bits per heavy atom. The summed E-state index contributed by atoms with van der Waals surface area (Å²) in [5.74, 6) is -0.456. The van der Waals surface area contributed by atoms with Gasteiger partial charge in [0.2, 0.25) is 5.91 Å². The molecule has 12 nitrogen and oxygen atoms in total. The van der Waals surface area contributed by atoms with Gasteiger partial charge in [-0.25, -0.2) is 9.59 Å². The number of hydrogen-bond donors (Lipinski definition) is 4. The molecule has 0 saturated carbocycles. The Kier molecular flexibility index (Phi) is 12.4. The number of carbonyl (C=O) groups is 3. The smallest absolute Gasteiger partial charge is 0.407 e. The lowest BCUT2D eigenvalue weighted by molar-refractivity contribution is -0.126. The molecule has 2 aromatic carbocycles. The fourth-order valence-electron chi connectivity index (χ4n) is 6.44. The van der Waals surface area contributed by atoms with Gasteiger partial charge in [-0.3, -0.25) is 9.78 Å². The van der Waals surface area contributed by atoms with E-state index in [1.807, 2.05) is 93.6 Å². The van der Waals surface area contributed by atoms with E-state index >= 15 is 0 Å². The molecule has 0 aliphatic carbocycles. The average Bonchev–Trinajstić information content (AvgIpc) is 3.72. The number of nitrogens with zero attached hydrogens (tertiary/aromatic N) is 1. The van der Waals surface area contributed by atoms with Gasteiger partial charge in [-0.1, -0.05) is 81.4 Å². The molecule has 268 valence electrons.